The fourth-order valence-corrected chi connectivity index (χ4v) is 6.60. The summed E-state index contributed by atoms with van der Waals surface area (Å²) in [6.45, 7) is 0. The highest BCUT2D eigenvalue weighted by Crippen LogP contribution is 2.52. The number of methoxy groups -OCH3 is 2. The van der Waals surface area contributed by atoms with Gasteiger partial charge in [0.1, 0.15) is 23.7 Å². The molecule has 2 aromatic rings. The third-order valence-corrected chi connectivity index (χ3v) is 8.67. The van der Waals surface area contributed by atoms with Crippen LogP contribution in [0.1, 0.15) is 23.2 Å². The summed E-state index contributed by atoms with van der Waals surface area (Å²) in [5.41, 5.74) is 1.57. The third kappa shape index (κ3) is 4.04. The van der Waals surface area contributed by atoms with Gasteiger partial charge in [-0.3, -0.25) is 29.8 Å². The quantitative estimate of drug-likeness (QED) is 0.503. The molecule has 0 unspecified atom stereocenters. The van der Waals surface area contributed by atoms with Gasteiger partial charge in [-0.2, -0.15) is 0 Å². The molecule has 3 fully saturated rings. The van der Waals surface area contributed by atoms with E-state index in [-0.39, 0.29) is 11.6 Å². The third-order valence-electron chi connectivity index (χ3n) is 7.61. The Hall–Kier alpha value is -2.40. The number of rotatable bonds is 4. The number of carbonyl (C=O) groups excluding carboxylic acids is 4. The molecule has 2 heterocycles. The molecule has 1 aliphatic carbocycles. The number of hydrogen-bond donors (Lipinski definition) is 2. The van der Waals surface area contributed by atoms with Crippen LogP contribution in [0.5, 0.6) is 0 Å². The molecule has 0 aromatic heterocycles. The number of carbonyl (C=O) groups is 4. The molecular weight excluding hydrogens is 596 g/mol. The van der Waals surface area contributed by atoms with Crippen molar-refractivity contribution >= 4 is 55.4 Å². The van der Waals surface area contributed by atoms with Crippen LogP contribution in [0, 0.1) is 23.7 Å². The number of benzene rings is 2. The van der Waals surface area contributed by atoms with Crippen LogP contribution < -0.4 is 10.6 Å². The maximum atomic E-state index is 14.3. The summed E-state index contributed by atoms with van der Waals surface area (Å²) in [5.74, 6) is -5.21. The van der Waals surface area contributed by atoms with Crippen molar-refractivity contribution in [3.05, 3.63) is 68.6 Å². The number of fused-ring (bicyclic) bond motifs is 2. The molecule has 3 aliphatic rings. The second-order valence-corrected chi connectivity index (χ2v) is 11.1. The zero-order valence-electron chi connectivity index (χ0n) is 19.4. The Morgan fingerprint density at radius 1 is 0.639 bits per heavy atom. The molecule has 188 valence electrons. The molecule has 0 radical (unpaired) electrons. The van der Waals surface area contributed by atoms with Crippen molar-refractivity contribution in [2.75, 3.05) is 14.2 Å². The van der Waals surface area contributed by atoms with E-state index in [1.54, 1.807) is 0 Å². The van der Waals surface area contributed by atoms with Gasteiger partial charge in [-0.15, -0.1) is 0 Å². The molecule has 8 atom stereocenters. The first kappa shape index (κ1) is 25.3. The first-order chi connectivity index (χ1) is 17.3. The van der Waals surface area contributed by atoms with Crippen molar-refractivity contribution in [1.82, 2.24) is 10.6 Å². The van der Waals surface area contributed by atoms with E-state index in [0.717, 1.165) is 20.1 Å². The summed E-state index contributed by atoms with van der Waals surface area (Å²) < 4.78 is 11.7. The number of ketones is 2. The molecule has 2 N–H and O–H groups in total. The predicted octanol–water partition coefficient (Wildman–Crippen LogP) is 2.90. The number of ether oxygens (including phenoxy) is 2. The van der Waals surface area contributed by atoms with E-state index >= 15 is 0 Å². The van der Waals surface area contributed by atoms with E-state index in [4.69, 9.17) is 9.47 Å². The van der Waals surface area contributed by atoms with Gasteiger partial charge in [0.2, 0.25) is 0 Å². The van der Waals surface area contributed by atoms with Crippen molar-refractivity contribution in [3.8, 4) is 0 Å². The Morgan fingerprint density at radius 2 is 0.972 bits per heavy atom. The summed E-state index contributed by atoms with van der Waals surface area (Å²) in [4.78, 5) is 53.9. The lowest BCUT2D eigenvalue weighted by atomic mass is 9.62. The molecule has 0 spiro atoms. The predicted molar refractivity (Wildman–Crippen MR) is 136 cm³/mol. The Bertz CT molecular complexity index is 1130. The van der Waals surface area contributed by atoms with Gasteiger partial charge >= 0.3 is 11.9 Å². The second-order valence-electron chi connectivity index (χ2n) is 9.30. The number of nitrogens with one attached hydrogen (secondary N) is 2. The van der Waals surface area contributed by atoms with Crippen molar-refractivity contribution in [2.45, 2.75) is 24.2 Å². The van der Waals surface area contributed by atoms with E-state index in [1.165, 1.54) is 14.2 Å². The number of esters is 2. The van der Waals surface area contributed by atoms with Crippen molar-refractivity contribution in [3.63, 3.8) is 0 Å². The Balaban J connectivity index is 1.62. The second kappa shape index (κ2) is 9.81. The fraction of sp³-hybridized carbons (Fsp3) is 0.385. The zero-order valence-corrected chi connectivity index (χ0v) is 22.6. The van der Waals surface area contributed by atoms with Crippen LogP contribution in [0.2, 0.25) is 0 Å². The van der Waals surface area contributed by atoms with Crippen molar-refractivity contribution in [2.24, 2.45) is 23.7 Å². The van der Waals surface area contributed by atoms with Crippen LogP contribution in [-0.2, 0) is 28.7 Å². The van der Waals surface area contributed by atoms with E-state index in [1.807, 2.05) is 48.5 Å². The van der Waals surface area contributed by atoms with Crippen LogP contribution >= 0.6 is 31.9 Å². The molecular formula is C26H24Br2N2O6. The molecule has 2 aromatic carbocycles. The fourth-order valence-electron chi connectivity index (χ4n) is 6.07. The first-order valence-corrected chi connectivity index (χ1v) is 13.1. The van der Waals surface area contributed by atoms with Gasteiger partial charge in [-0.1, -0.05) is 56.1 Å². The molecule has 10 heteroatoms. The highest BCUT2D eigenvalue weighted by molar-refractivity contribution is 9.10. The van der Waals surface area contributed by atoms with Gasteiger partial charge in [-0.05, 0) is 35.4 Å². The van der Waals surface area contributed by atoms with Crippen LogP contribution in [0.3, 0.4) is 0 Å². The Morgan fingerprint density at radius 3 is 1.31 bits per heavy atom. The maximum absolute atomic E-state index is 14.3. The largest absolute Gasteiger partial charge is 0.468 e. The Kier molecular flexibility index (Phi) is 6.88. The van der Waals surface area contributed by atoms with Gasteiger partial charge in [0.05, 0.1) is 26.1 Å². The van der Waals surface area contributed by atoms with Crippen molar-refractivity contribution < 1.29 is 28.7 Å². The molecule has 0 amide bonds. The smallest absolute Gasteiger partial charge is 0.323 e. The molecule has 8 nitrogen and oxygen atoms in total. The zero-order chi connectivity index (χ0) is 25.7. The maximum Gasteiger partial charge on any atom is 0.323 e. The lowest BCUT2D eigenvalue weighted by molar-refractivity contribution is -0.154. The lowest BCUT2D eigenvalue weighted by Crippen LogP contribution is -2.53. The summed E-state index contributed by atoms with van der Waals surface area (Å²) in [5, 5.41) is 6.43. The molecule has 36 heavy (non-hydrogen) atoms. The Labute approximate surface area is 224 Å². The average Bonchev–Trinajstić information content (AvgIpc) is 3.48. The molecule has 0 bridgehead atoms. The highest BCUT2D eigenvalue weighted by Gasteiger charge is 2.66. The van der Waals surface area contributed by atoms with Gasteiger partial charge in [0.15, 0.2) is 0 Å². The van der Waals surface area contributed by atoms with Crippen LogP contribution in [0.4, 0.5) is 0 Å². The van der Waals surface area contributed by atoms with Gasteiger partial charge in [0.25, 0.3) is 0 Å². The van der Waals surface area contributed by atoms with Gasteiger partial charge in [-0.25, -0.2) is 0 Å². The van der Waals surface area contributed by atoms with E-state index in [9.17, 15) is 19.2 Å². The normalized spacial score (nSPS) is 33.1. The summed E-state index contributed by atoms with van der Waals surface area (Å²) in [7, 11) is 2.50. The van der Waals surface area contributed by atoms with Crippen LogP contribution in [0.15, 0.2) is 57.5 Å². The first-order valence-electron chi connectivity index (χ1n) is 11.5. The number of hydrogen-bond acceptors (Lipinski definition) is 8. The SMILES string of the molecule is COC(=O)[C@H]1N[C@@H](c2ccc(Br)cc2)[C@H]2C(=O)[C@H]3[C@@H](C(=O)[C@H]21)[C@@H](C(=O)OC)N[C@H]3c1ccc(Br)cc1. The van der Waals surface area contributed by atoms with Gasteiger partial charge < -0.3 is 9.47 Å². The van der Waals surface area contributed by atoms with Crippen molar-refractivity contribution in [1.29, 1.82) is 0 Å². The minimum absolute atomic E-state index is 0.164. The lowest BCUT2D eigenvalue weighted by Gasteiger charge is -2.37. The van der Waals surface area contributed by atoms with E-state index in [0.29, 0.717) is 0 Å². The average molecular weight is 620 g/mol. The van der Waals surface area contributed by atoms with Gasteiger partial charge in [0, 0.05) is 32.9 Å². The topological polar surface area (TPSA) is 111 Å². The summed E-state index contributed by atoms with van der Waals surface area (Å²) in [6, 6.07) is 11.7. The van der Waals surface area contributed by atoms with Crippen LogP contribution in [-0.4, -0.2) is 49.8 Å². The number of Topliss-reactive ketones (excluding diaryl/α,β-unsaturated/α-hetero) is 2. The minimum atomic E-state index is -1.00. The van der Waals surface area contributed by atoms with E-state index in [2.05, 4.69) is 42.5 Å². The highest BCUT2D eigenvalue weighted by atomic mass is 79.9. The monoisotopic (exact) mass is 618 g/mol. The van der Waals surface area contributed by atoms with E-state index < -0.39 is 59.8 Å². The molecule has 1 saturated carbocycles. The molecule has 2 saturated heterocycles. The standard InChI is InChI=1S/C26H24Br2N2O6/c1-35-25(33)21-17-15(19(29-21)11-3-7-13(27)8-4-11)23(31)16-18(24(17)32)22(26(34)36-2)30-20(16)12-5-9-14(28)10-6-12/h3-10,15-22,29-30H,1-2H3/t15-,16-,17+,18+,19-,20-,21-,22-/m0/s1. The molecule has 2 aliphatic heterocycles. The van der Waals surface area contributed by atoms with Crippen LogP contribution in [0.25, 0.3) is 0 Å². The molecule has 5 rings (SSSR count). The minimum Gasteiger partial charge on any atom is -0.468 e. The summed E-state index contributed by atoms with van der Waals surface area (Å²) >= 11 is 6.84. The summed E-state index contributed by atoms with van der Waals surface area (Å²) in [6.07, 6.45) is 0. The number of halogens is 2.